The number of carbonyl (C=O) groups excluding carboxylic acids is 3. The highest BCUT2D eigenvalue weighted by Gasteiger charge is 2.28. The molecule has 152 valence electrons. The second-order valence-electron chi connectivity index (χ2n) is 6.84. The summed E-state index contributed by atoms with van der Waals surface area (Å²) in [7, 11) is 0. The normalized spacial score (nSPS) is 12.8. The number of hydrogen-bond acceptors (Lipinski definition) is 5. The average molecular weight is 420 g/mol. The van der Waals surface area contributed by atoms with E-state index in [0.717, 1.165) is 5.56 Å². The number of hydrogen-bond donors (Lipinski definition) is 1. The van der Waals surface area contributed by atoms with Crippen molar-refractivity contribution in [3.8, 4) is 5.75 Å². The summed E-state index contributed by atoms with van der Waals surface area (Å²) in [5.74, 6) is -0.226. The van der Waals surface area contributed by atoms with E-state index in [1.165, 1.54) is 16.2 Å². The third-order valence-electron chi connectivity index (χ3n) is 4.79. The summed E-state index contributed by atoms with van der Waals surface area (Å²) in [6.45, 7) is 0.217. The first-order chi connectivity index (χ1) is 14.6. The van der Waals surface area contributed by atoms with E-state index in [4.69, 9.17) is 4.74 Å². The van der Waals surface area contributed by atoms with Crippen molar-refractivity contribution in [2.45, 2.75) is 6.42 Å². The van der Waals surface area contributed by atoms with Crippen LogP contribution in [0.25, 0.3) is 0 Å². The zero-order chi connectivity index (χ0) is 20.9. The summed E-state index contributed by atoms with van der Waals surface area (Å²) in [5, 5.41) is 4.69. The van der Waals surface area contributed by atoms with Crippen LogP contribution in [0.3, 0.4) is 0 Å². The van der Waals surface area contributed by atoms with Crippen LogP contribution < -0.4 is 15.0 Å². The fourth-order valence-corrected chi connectivity index (χ4v) is 3.94. The van der Waals surface area contributed by atoms with Crippen molar-refractivity contribution in [2.75, 3.05) is 24.6 Å². The van der Waals surface area contributed by atoms with Gasteiger partial charge in [0.2, 0.25) is 11.7 Å². The highest BCUT2D eigenvalue weighted by Crippen LogP contribution is 2.33. The van der Waals surface area contributed by atoms with Crippen LogP contribution in [0.2, 0.25) is 0 Å². The lowest BCUT2D eigenvalue weighted by atomic mass is 10.1. The second-order valence-corrected chi connectivity index (χ2v) is 7.79. The second kappa shape index (κ2) is 8.92. The standard InChI is InChI=1S/C23H20N2O4S/c26-21(24-11-10-16-5-2-1-3-6-16)14-25-18-13-17(23(28)20-7-4-12-30-20)8-9-19(18)29-15-22(25)27/h1-9,12-13H,10-11,14-15H2,(H,24,26). The molecule has 3 aromatic rings. The van der Waals surface area contributed by atoms with Gasteiger partial charge in [-0.05, 0) is 41.6 Å². The Morgan fingerprint density at radius 1 is 1.07 bits per heavy atom. The quantitative estimate of drug-likeness (QED) is 0.596. The molecule has 0 spiro atoms. The van der Waals surface area contributed by atoms with Crippen molar-refractivity contribution in [1.29, 1.82) is 0 Å². The Balaban J connectivity index is 1.46. The number of nitrogens with one attached hydrogen (secondary N) is 1. The molecule has 4 rings (SSSR count). The number of nitrogens with zero attached hydrogens (tertiary/aromatic N) is 1. The summed E-state index contributed by atoms with van der Waals surface area (Å²) in [6, 6.07) is 18.4. The maximum atomic E-state index is 12.7. The van der Waals surface area contributed by atoms with Gasteiger partial charge in [0.1, 0.15) is 12.3 Å². The van der Waals surface area contributed by atoms with E-state index >= 15 is 0 Å². The zero-order valence-corrected chi connectivity index (χ0v) is 17.0. The van der Waals surface area contributed by atoms with E-state index in [1.807, 2.05) is 41.8 Å². The molecule has 0 saturated heterocycles. The molecule has 1 N–H and O–H groups in total. The molecule has 0 radical (unpaired) electrons. The number of benzene rings is 2. The summed E-state index contributed by atoms with van der Waals surface area (Å²) >= 11 is 1.36. The van der Waals surface area contributed by atoms with Crippen molar-refractivity contribution in [1.82, 2.24) is 5.32 Å². The Labute approximate surface area is 178 Å². The number of amides is 2. The van der Waals surface area contributed by atoms with E-state index in [-0.39, 0.29) is 30.7 Å². The number of fused-ring (bicyclic) bond motifs is 1. The topological polar surface area (TPSA) is 75.7 Å². The fraction of sp³-hybridized carbons (Fsp3) is 0.174. The number of rotatable bonds is 7. The van der Waals surface area contributed by atoms with Gasteiger partial charge in [-0.25, -0.2) is 0 Å². The smallest absolute Gasteiger partial charge is 0.265 e. The summed E-state index contributed by atoms with van der Waals surface area (Å²) in [6.07, 6.45) is 0.708. The minimum absolute atomic E-state index is 0.124. The van der Waals surface area contributed by atoms with Gasteiger partial charge in [-0.2, -0.15) is 0 Å². The minimum Gasteiger partial charge on any atom is -0.482 e. The Bertz CT molecular complexity index is 1060. The predicted octanol–water partition coefficient (Wildman–Crippen LogP) is 3.06. The highest BCUT2D eigenvalue weighted by atomic mass is 32.1. The van der Waals surface area contributed by atoms with Gasteiger partial charge in [-0.15, -0.1) is 11.3 Å². The first-order valence-electron chi connectivity index (χ1n) is 9.58. The molecule has 2 amide bonds. The molecule has 1 aromatic heterocycles. The van der Waals surface area contributed by atoms with E-state index < -0.39 is 0 Å². The lowest BCUT2D eigenvalue weighted by molar-refractivity contribution is -0.125. The average Bonchev–Trinajstić information content (AvgIpc) is 3.31. The molecule has 0 bridgehead atoms. The lowest BCUT2D eigenvalue weighted by Crippen LogP contribution is -2.45. The van der Waals surface area contributed by atoms with Crippen molar-refractivity contribution < 1.29 is 19.1 Å². The number of carbonyl (C=O) groups is 3. The van der Waals surface area contributed by atoms with Crippen molar-refractivity contribution in [2.24, 2.45) is 0 Å². The maximum Gasteiger partial charge on any atom is 0.265 e. The van der Waals surface area contributed by atoms with Crippen molar-refractivity contribution in [3.63, 3.8) is 0 Å². The summed E-state index contributed by atoms with van der Waals surface area (Å²) < 4.78 is 5.48. The Kier molecular flexibility index (Phi) is 5.90. The summed E-state index contributed by atoms with van der Waals surface area (Å²) in [4.78, 5) is 39.5. The number of ether oxygens (including phenoxy) is 1. The van der Waals surface area contributed by atoms with Crippen LogP contribution in [0.4, 0.5) is 5.69 Å². The van der Waals surface area contributed by atoms with Crippen molar-refractivity contribution in [3.05, 3.63) is 82.0 Å². The van der Waals surface area contributed by atoms with Crippen LogP contribution in [-0.4, -0.2) is 37.3 Å². The molecule has 2 heterocycles. The molecule has 2 aromatic carbocycles. The van der Waals surface area contributed by atoms with Gasteiger partial charge in [0.15, 0.2) is 6.61 Å². The van der Waals surface area contributed by atoms with E-state index in [9.17, 15) is 14.4 Å². The van der Waals surface area contributed by atoms with Crippen LogP contribution >= 0.6 is 11.3 Å². The molecule has 6 nitrogen and oxygen atoms in total. The third-order valence-corrected chi connectivity index (χ3v) is 5.66. The van der Waals surface area contributed by atoms with Crippen LogP contribution in [0.5, 0.6) is 5.75 Å². The first kappa shape index (κ1) is 19.8. The van der Waals surface area contributed by atoms with Gasteiger partial charge >= 0.3 is 0 Å². The van der Waals surface area contributed by atoms with Gasteiger partial charge in [0, 0.05) is 12.1 Å². The number of anilines is 1. The molecule has 30 heavy (non-hydrogen) atoms. The fourth-order valence-electron chi connectivity index (χ4n) is 3.26. The largest absolute Gasteiger partial charge is 0.482 e. The maximum absolute atomic E-state index is 12.7. The molecular weight excluding hydrogens is 400 g/mol. The Hall–Kier alpha value is -3.45. The van der Waals surface area contributed by atoms with Crippen LogP contribution in [-0.2, 0) is 16.0 Å². The summed E-state index contributed by atoms with van der Waals surface area (Å²) in [5.41, 5.74) is 2.01. The van der Waals surface area contributed by atoms with Gasteiger partial charge in [-0.1, -0.05) is 36.4 Å². The van der Waals surface area contributed by atoms with Gasteiger partial charge in [0.25, 0.3) is 5.91 Å². The molecule has 0 fully saturated rings. The first-order valence-corrected chi connectivity index (χ1v) is 10.5. The molecule has 0 unspecified atom stereocenters. The molecule has 0 saturated carbocycles. The lowest BCUT2D eigenvalue weighted by Gasteiger charge is -2.29. The molecule has 0 aliphatic carbocycles. The van der Waals surface area contributed by atoms with E-state index in [1.54, 1.807) is 24.3 Å². The van der Waals surface area contributed by atoms with Crippen LogP contribution in [0.1, 0.15) is 20.8 Å². The van der Waals surface area contributed by atoms with E-state index in [0.29, 0.717) is 34.8 Å². The Morgan fingerprint density at radius 2 is 1.90 bits per heavy atom. The van der Waals surface area contributed by atoms with Crippen LogP contribution in [0, 0.1) is 0 Å². The molecule has 7 heteroatoms. The van der Waals surface area contributed by atoms with Gasteiger partial charge in [-0.3, -0.25) is 19.3 Å². The highest BCUT2D eigenvalue weighted by molar-refractivity contribution is 7.12. The van der Waals surface area contributed by atoms with Gasteiger partial charge in [0.05, 0.1) is 10.6 Å². The van der Waals surface area contributed by atoms with E-state index in [2.05, 4.69) is 5.32 Å². The minimum atomic E-state index is -0.318. The third kappa shape index (κ3) is 4.41. The Morgan fingerprint density at radius 3 is 2.67 bits per heavy atom. The van der Waals surface area contributed by atoms with Crippen molar-refractivity contribution >= 4 is 34.6 Å². The molecule has 0 atom stereocenters. The molecular formula is C23H20N2O4S. The number of ketones is 1. The van der Waals surface area contributed by atoms with Gasteiger partial charge < -0.3 is 10.1 Å². The van der Waals surface area contributed by atoms with Crippen LogP contribution in [0.15, 0.2) is 66.0 Å². The molecule has 1 aliphatic rings. The number of thiophene rings is 1. The molecule has 1 aliphatic heterocycles. The SMILES string of the molecule is O=C(CN1C(=O)COc2ccc(C(=O)c3cccs3)cc21)NCCc1ccccc1. The predicted molar refractivity (Wildman–Crippen MR) is 115 cm³/mol. The zero-order valence-electron chi connectivity index (χ0n) is 16.2. The monoisotopic (exact) mass is 420 g/mol.